The molecule has 0 aliphatic carbocycles. The Hall–Kier alpha value is -18.2. The lowest BCUT2D eigenvalue weighted by molar-refractivity contribution is 0.590. The minimum atomic E-state index is -1.42. The Morgan fingerprint density at radius 3 is 0.774 bits per heavy atom. The Bertz CT molecular complexity index is 11600. The molecule has 10 heterocycles. The summed E-state index contributed by atoms with van der Waals surface area (Å²) < 4.78 is 12.2. The van der Waals surface area contributed by atoms with Gasteiger partial charge in [0.2, 0.25) is 0 Å². The molecule has 0 amide bonds. The highest BCUT2D eigenvalue weighted by Crippen LogP contribution is 2.50. The summed E-state index contributed by atoms with van der Waals surface area (Å²) in [6.45, 7) is 16.3. The van der Waals surface area contributed by atoms with Gasteiger partial charge in [-0.25, -0.2) is 0 Å². The maximum Gasteiger partial charge on any atom is 0.0992 e. The first kappa shape index (κ1) is 83.6. The lowest BCUT2D eigenvalue weighted by Crippen LogP contribution is -2.37. The maximum absolute atomic E-state index is 9.51. The van der Waals surface area contributed by atoms with Crippen LogP contribution in [0.4, 0.5) is 0 Å². The zero-order valence-electron chi connectivity index (χ0n) is 81.8. The normalized spacial score (nSPS) is 12.5. The van der Waals surface area contributed by atoms with Gasteiger partial charge in [-0.15, -0.1) is 0 Å². The molecule has 10 aromatic heterocycles. The number of benzene rings is 24. The van der Waals surface area contributed by atoms with Gasteiger partial charge in [0, 0.05) is 108 Å². The van der Waals surface area contributed by atoms with Crippen molar-refractivity contribution in [3.63, 3.8) is 0 Å². The fraction of sp³-hybridized carbons (Fsp3) is 0.0576. The highest BCUT2D eigenvalue weighted by atomic mass is 28.3. The van der Waals surface area contributed by atoms with E-state index in [0.29, 0.717) is 5.56 Å². The van der Waals surface area contributed by atoms with Gasteiger partial charge >= 0.3 is 0 Å². The zero-order chi connectivity index (χ0) is 97.1. The van der Waals surface area contributed by atoms with E-state index in [9.17, 15) is 5.26 Å². The quantitative estimate of drug-likeness (QED) is 0.128. The molecule has 0 fully saturated rings. The zero-order valence-corrected chi connectivity index (χ0v) is 82.8. The summed E-state index contributed by atoms with van der Waals surface area (Å²) in [5, 5.41) is 55.3. The summed E-state index contributed by atoms with van der Waals surface area (Å²) in [6, 6.07) is 165. The summed E-state index contributed by atoms with van der Waals surface area (Å²) in [4.78, 5) is 0. The van der Waals surface area contributed by atoms with E-state index in [0.717, 1.165) is 10.8 Å². The average Bonchev–Trinajstić information content (AvgIpc) is 1.56. The third-order valence-electron chi connectivity index (χ3n) is 32.1. The maximum atomic E-state index is 9.51. The topological polar surface area (TPSA) is 45.8 Å². The second-order valence-electron chi connectivity index (χ2n) is 42.6. The highest BCUT2D eigenvalue weighted by molar-refractivity contribution is 6.89. The van der Waals surface area contributed by atoms with E-state index in [-0.39, 0.29) is 5.41 Å². The Labute approximate surface area is 840 Å². The van der Waals surface area contributed by atoms with Crippen molar-refractivity contribution in [2.45, 2.75) is 52.8 Å². The van der Waals surface area contributed by atoms with E-state index in [1.54, 1.807) is 0 Å². The number of para-hydroxylation sites is 5. The number of fused-ring (bicyclic) bond motifs is 38. The first-order valence-corrected chi connectivity index (χ1v) is 54.4. The van der Waals surface area contributed by atoms with Crippen LogP contribution < -0.4 is 5.19 Å². The van der Waals surface area contributed by atoms with Gasteiger partial charge in [0.25, 0.3) is 0 Å². The Kier molecular flexibility index (Phi) is 17.8. The summed E-state index contributed by atoms with van der Waals surface area (Å²) in [6.07, 6.45) is 0. The third-order valence-corrected chi connectivity index (χ3v) is 34.1. The monoisotopic (exact) mass is 1870 g/mol. The molecule has 6 nitrogen and oxygen atoms in total. The van der Waals surface area contributed by atoms with E-state index < -0.39 is 8.07 Å². The number of hydrogen-bond acceptors (Lipinski definition) is 1. The lowest BCUT2D eigenvalue weighted by Gasteiger charge is -2.19. The van der Waals surface area contributed by atoms with Crippen molar-refractivity contribution in [3.05, 3.63) is 460 Å². The number of nitriles is 1. The predicted molar refractivity (Wildman–Crippen MR) is 630 cm³/mol. The van der Waals surface area contributed by atoms with Crippen LogP contribution in [0.2, 0.25) is 19.6 Å². The first-order valence-electron chi connectivity index (χ1n) is 50.9. The van der Waals surface area contributed by atoms with Gasteiger partial charge in [-0.3, -0.25) is 0 Å². The van der Waals surface area contributed by atoms with Gasteiger partial charge in [0.1, 0.15) is 0 Å². The molecule has 0 aliphatic heterocycles. The fourth-order valence-corrected chi connectivity index (χ4v) is 26.4. The van der Waals surface area contributed by atoms with Crippen LogP contribution in [-0.2, 0) is 5.41 Å². The number of nitrogens with zero attached hydrogens (tertiary/aromatic N) is 6. The second-order valence-corrected chi connectivity index (χ2v) is 47.7. The Balaban J connectivity index is 0.0000000854. The first-order chi connectivity index (χ1) is 71.5. The summed E-state index contributed by atoms with van der Waals surface area (Å²) in [5.74, 6) is 0. The molecule has 0 N–H and O–H groups in total. The predicted octanol–water partition coefficient (Wildman–Crippen LogP) is 37.6. The largest absolute Gasteiger partial charge is 0.308 e. The number of aryl methyl sites for hydroxylation is 1. The van der Waals surface area contributed by atoms with Crippen LogP contribution in [0.15, 0.2) is 443 Å². The number of rotatable bonds is 3. The van der Waals surface area contributed by atoms with Gasteiger partial charge in [-0.05, 0) is 267 Å². The highest BCUT2D eigenvalue weighted by Gasteiger charge is 2.29. The molecular formula is C139H94N6Si. The van der Waals surface area contributed by atoms with Crippen molar-refractivity contribution in [2.75, 3.05) is 0 Å². The summed E-state index contributed by atoms with van der Waals surface area (Å²) in [7, 11) is -1.42. The van der Waals surface area contributed by atoms with Crippen LogP contribution in [0.3, 0.4) is 0 Å². The molecular weight excluding hydrogens is 1780 g/mol. The molecule has 24 aromatic carbocycles. The second kappa shape index (κ2) is 31.2. The van der Waals surface area contributed by atoms with Crippen molar-refractivity contribution in [1.29, 1.82) is 5.26 Å². The SMILES string of the molecule is CC(C)(C)c1ccc(-c2cc3c4ccccc4n4c5cc6ccccc6cc5c(c2)c34)cc1.C[Si](C)(C)c1cc2c3ccccc3n3c4cc5ccccc5cc4c(c1)c23.Cc1cc2c3ccccc3n3c4cc5ccccc5cc4c(c1)c23.N#Cc1cc2c3ccccc3n3c4cc5ccccc5cc4c(c1)c23.c1ccc2cc3c(cc2c1)c1cc(-c2ccc4c(ccc5ccccc54)c2)cc2c4ccccc4n3c21. The van der Waals surface area contributed by atoms with Gasteiger partial charge < -0.3 is 22.0 Å². The van der Waals surface area contributed by atoms with Crippen LogP contribution in [0.25, 0.3) is 288 Å². The van der Waals surface area contributed by atoms with E-state index in [1.807, 2.05) is 12.1 Å². The van der Waals surface area contributed by atoms with Crippen LogP contribution in [-0.4, -0.2) is 30.1 Å². The van der Waals surface area contributed by atoms with E-state index >= 15 is 0 Å². The van der Waals surface area contributed by atoms with Gasteiger partial charge in [-0.2, -0.15) is 5.26 Å². The van der Waals surface area contributed by atoms with Crippen LogP contribution in [0, 0.1) is 18.3 Å². The number of hydrogen-bond donors (Lipinski definition) is 0. The van der Waals surface area contributed by atoms with Crippen molar-refractivity contribution in [3.8, 4) is 28.3 Å². The van der Waals surface area contributed by atoms with Gasteiger partial charge in [0.05, 0.1) is 102 Å². The molecule has 0 atom stereocenters. The molecule has 0 radical (unpaired) electrons. The van der Waals surface area contributed by atoms with E-state index in [4.69, 9.17) is 0 Å². The third kappa shape index (κ3) is 12.4. The molecule has 0 saturated carbocycles. The van der Waals surface area contributed by atoms with E-state index in [2.05, 4.69) is 506 Å². The van der Waals surface area contributed by atoms with Crippen molar-refractivity contribution >= 4 is 279 Å². The molecule has 34 aromatic rings. The molecule has 0 aliphatic rings. The standard InChI is InChI=1S/C36H21N.C32H25N.C25H21NSi.C23H12N2.C23H15N/c1-2-9-24-21-35-31(18-23(24)8-1)33-20-27(19-32-30-11-5-6-12-34(30)37(35)36(32)33)25-15-16-29-26(17-25)14-13-22-7-3-4-10-28(22)29;1-32(2,3)24-14-12-20(13-15-24)23-17-27-25-10-6-7-11-29(25)33-30-19-22-9-5-4-8-21(22)16-26(30)28(18-23)31(27)33;1-27(2,3)18-14-21-19-10-6-7-11-23(19)26-24-13-17-9-5-4-8-16(17)12-20(24)22(15-18)25(21)26;24-13-14-9-19-17-7-3-4-8-21(17)25-22-12-16-6-2-1-5-15(16)11-18(22)20(10-14)23(19)25;1-14-10-19-17-8-4-5-9-21(17)24-22-13-16-7-3-2-6-15(16)12-18(22)20(11-14)23(19)24/h1-21H;4-19H,1-3H3;4-15H,1-3H3;1-12H;2-13H,1H3. The van der Waals surface area contributed by atoms with Crippen molar-refractivity contribution in [1.82, 2.24) is 22.0 Å². The minimum absolute atomic E-state index is 0.157. The average molecular weight is 1880 g/mol. The Morgan fingerprint density at radius 2 is 0.438 bits per heavy atom. The molecule has 0 unspecified atom stereocenters. The molecule has 34 rings (SSSR count). The van der Waals surface area contributed by atoms with Gasteiger partial charge in [-0.1, -0.05) is 343 Å². The van der Waals surface area contributed by atoms with Crippen molar-refractivity contribution in [2.24, 2.45) is 0 Å². The lowest BCUT2D eigenvalue weighted by atomic mass is 9.86. The summed E-state index contributed by atoms with van der Waals surface area (Å²) >= 11 is 0. The Morgan fingerprint density at radius 1 is 0.192 bits per heavy atom. The number of aromatic nitrogens is 5. The van der Waals surface area contributed by atoms with Crippen molar-refractivity contribution < 1.29 is 0 Å². The molecule has 0 spiro atoms. The molecule has 7 heteroatoms. The molecule has 0 saturated heterocycles. The van der Waals surface area contributed by atoms with Gasteiger partial charge in [0.15, 0.2) is 0 Å². The molecule has 146 heavy (non-hydrogen) atoms. The van der Waals surface area contributed by atoms with Crippen LogP contribution in [0.1, 0.15) is 37.5 Å². The van der Waals surface area contributed by atoms with E-state index in [1.165, 1.54) is 294 Å². The minimum Gasteiger partial charge on any atom is -0.308 e. The van der Waals surface area contributed by atoms with Crippen LogP contribution in [0.5, 0.6) is 0 Å². The smallest absolute Gasteiger partial charge is 0.0992 e. The van der Waals surface area contributed by atoms with Crippen LogP contribution >= 0.6 is 0 Å². The fourth-order valence-electron chi connectivity index (χ4n) is 25.2. The molecule has 684 valence electrons. The molecule has 0 bridgehead atoms. The summed E-state index contributed by atoms with van der Waals surface area (Å²) in [5.41, 5.74) is 28.0.